The molecule has 0 bridgehead atoms. The molecule has 0 aromatic heterocycles. The van der Waals surface area contributed by atoms with E-state index < -0.39 is 5.41 Å². The molecule has 0 spiro atoms. The highest BCUT2D eigenvalue weighted by molar-refractivity contribution is 6.42. The molecule has 1 aliphatic heterocycles. The molecule has 0 saturated carbocycles. The lowest BCUT2D eigenvalue weighted by molar-refractivity contribution is -0.138. The quantitative estimate of drug-likeness (QED) is 0.432. The highest BCUT2D eigenvalue weighted by atomic mass is 35.5. The van der Waals surface area contributed by atoms with Gasteiger partial charge in [0, 0.05) is 18.5 Å². The maximum Gasteiger partial charge on any atom is 0.237 e. The summed E-state index contributed by atoms with van der Waals surface area (Å²) in [4.78, 5) is 36.2. The van der Waals surface area contributed by atoms with E-state index in [1.807, 2.05) is 19.1 Å². The van der Waals surface area contributed by atoms with E-state index in [1.165, 1.54) is 0 Å². The monoisotopic (exact) mass is 462 g/mol. The second kappa shape index (κ2) is 10.2. The molecule has 1 saturated heterocycles. The van der Waals surface area contributed by atoms with Gasteiger partial charge < -0.3 is 10.1 Å². The van der Waals surface area contributed by atoms with Crippen molar-refractivity contribution in [3.63, 3.8) is 0 Å². The highest BCUT2D eigenvalue weighted by Crippen LogP contribution is 2.36. The van der Waals surface area contributed by atoms with Crippen molar-refractivity contribution in [3.05, 3.63) is 58.1 Å². The number of benzene rings is 2. The molecule has 1 aliphatic rings. The van der Waals surface area contributed by atoms with Crippen molar-refractivity contribution in [3.8, 4) is 5.75 Å². The Labute approximate surface area is 191 Å². The van der Waals surface area contributed by atoms with Crippen LogP contribution in [0.25, 0.3) is 0 Å². The first kappa shape index (κ1) is 23.1. The van der Waals surface area contributed by atoms with Gasteiger partial charge in [-0.25, -0.2) is 0 Å². The number of nitrogens with one attached hydrogen (secondary N) is 2. The molecule has 164 valence electrons. The number of halogens is 2. The van der Waals surface area contributed by atoms with Crippen LogP contribution in [0.2, 0.25) is 10.0 Å². The van der Waals surface area contributed by atoms with E-state index in [9.17, 15) is 14.4 Å². The predicted molar refractivity (Wildman–Crippen MR) is 121 cm³/mol. The topological polar surface area (TPSA) is 84.5 Å². The van der Waals surface area contributed by atoms with Crippen molar-refractivity contribution in [2.45, 2.75) is 44.4 Å². The number of rotatable bonds is 8. The summed E-state index contributed by atoms with van der Waals surface area (Å²) in [6.45, 7) is 2.27. The normalized spacial score (nSPS) is 18.4. The van der Waals surface area contributed by atoms with Crippen molar-refractivity contribution < 1.29 is 19.1 Å². The first-order valence-electron chi connectivity index (χ1n) is 10.2. The second-order valence-electron chi connectivity index (χ2n) is 7.44. The summed E-state index contributed by atoms with van der Waals surface area (Å²) in [7, 11) is 0. The Hall–Kier alpha value is -2.57. The Bertz CT molecular complexity index is 978. The van der Waals surface area contributed by atoms with E-state index >= 15 is 0 Å². The molecule has 3 rings (SSSR count). The minimum atomic E-state index is -0.713. The Kier molecular flexibility index (Phi) is 7.57. The molecule has 2 aromatic carbocycles. The predicted octanol–water partition coefficient (Wildman–Crippen LogP) is 4.88. The van der Waals surface area contributed by atoms with Gasteiger partial charge in [0.05, 0.1) is 17.0 Å². The zero-order valence-electron chi connectivity index (χ0n) is 17.2. The van der Waals surface area contributed by atoms with Gasteiger partial charge in [0.25, 0.3) is 0 Å². The zero-order valence-corrected chi connectivity index (χ0v) is 18.7. The number of imide groups is 1. The van der Waals surface area contributed by atoms with Crippen molar-refractivity contribution in [2.75, 3.05) is 11.9 Å². The molecule has 3 amide bonds. The average Bonchev–Trinajstić information content (AvgIpc) is 2.75. The van der Waals surface area contributed by atoms with Crippen LogP contribution in [0.1, 0.15) is 44.6 Å². The van der Waals surface area contributed by atoms with Crippen LogP contribution in [-0.4, -0.2) is 24.3 Å². The molecule has 1 unspecified atom stereocenters. The third-order valence-corrected chi connectivity index (χ3v) is 6.31. The molecule has 1 atom stereocenters. The fourth-order valence-corrected chi connectivity index (χ4v) is 4.02. The molecule has 8 heteroatoms. The van der Waals surface area contributed by atoms with Crippen LogP contribution in [0.3, 0.4) is 0 Å². The summed E-state index contributed by atoms with van der Waals surface area (Å²) in [6.07, 6.45) is 2.19. The van der Waals surface area contributed by atoms with Gasteiger partial charge in [0.2, 0.25) is 17.7 Å². The number of amides is 3. The fraction of sp³-hybridized carbons (Fsp3) is 0.348. The summed E-state index contributed by atoms with van der Waals surface area (Å²) in [6, 6.07) is 12.4. The lowest BCUT2D eigenvalue weighted by Gasteiger charge is -2.35. The molecule has 1 heterocycles. The Morgan fingerprint density at radius 1 is 1.16 bits per heavy atom. The van der Waals surface area contributed by atoms with Crippen LogP contribution >= 0.6 is 23.2 Å². The number of anilines is 1. The number of carbonyl (C=O) groups is 3. The first-order chi connectivity index (χ1) is 14.9. The van der Waals surface area contributed by atoms with E-state index in [1.54, 1.807) is 30.3 Å². The summed E-state index contributed by atoms with van der Waals surface area (Å²) >= 11 is 12.0. The Balaban J connectivity index is 1.51. The largest absolute Gasteiger partial charge is 0.492 e. The smallest absolute Gasteiger partial charge is 0.237 e. The number of hydrogen-bond acceptors (Lipinski definition) is 4. The standard InChI is InChI=1S/C23H24Cl2N2O4/c1-2-23(13-12-20(29)27-22(23)30)15-8-10-16(11-9-15)26-19(28)7-4-14-31-18-6-3-5-17(24)21(18)25/h3,5-6,8-11H,2,4,7,12-14H2,1H3,(H,26,28)(H,27,29,30). The molecule has 2 N–H and O–H groups in total. The minimum absolute atomic E-state index is 0.139. The Morgan fingerprint density at radius 2 is 1.90 bits per heavy atom. The number of carbonyl (C=O) groups excluding carboxylic acids is 3. The van der Waals surface area contributed by atoms with E-state index in [0.717, 1.165) is 5.56 Å². The maximum atomic E-state index is 12.5. The molecule has 1 fully saturated rings. The Morgan fingerprint density at radius 3 is 2.58 bits per heavy atom. The first-order valence-corrected chi connectivity index (χ1v) is 10.9. The van der Waals surface area contributed by atoms with Crippen LogP contribution in [0.5, 0.6) is 5.75 Å². The summed E-state index contributed by atoms with van der Waals surface area (Å²) in [5.74, 6) is -0.148. The molecule has 31 heavy (non-hydrogen) atoms. The van der Waals surface area contributed by atoms with Gasteiger partial charge in [-0.1, -0.05) is 48.3 Å². The lowest BCUT2D eigenvalue weighted by atomic mass is 9.72. The van der Waals surface area contributed by atoms with E-state index in [4.69, 9.17) is 27.9 Å². The maximum absolute atomic E-state index is 12.5. The zero-order chi connectivity index (χ0) is 22.4. The molecular formula is C23H24Cl2N2O4. The summed E-state index contributed by atoms with van der Waals surface area (Å²) in [5, 5.41) is 6.06. The summed E-state index contributed by atoms with van der Waals surface area (Å²) < 4.78 is 5.58. The van der Waals surface area contributed by atoms with Gasteiger partial charge in [-0.2, -0.15) is 0 Å². The third kappa shape index (κ3) is 5.38. The van der Waals surface area contributed by atoms with Crippen molar-refractivity contribution in [1.29, 1.82) is 0 Å². The SMILES string of the molecule is CCC1(c2ccc(NC(=O)CCCOc3cccc(Cl)c3Cl)cc2)CCC(=O)NC1=O. The molecule has 2 aromatic rings. The van der Waals surface area contributed by atoms with Gasteiger partial charge in [0.15, 0.2) is 0 Å². The molecule has 0 radical (unpaired) electrons. The molecule has 6 nitrogen and oxygen atoms in total. The molecular weight excluding hydrogens is 439 g/mol. The number of hydrogen-bond donors (Lipinski definition) is 2. The average molecular weight is 463 g/mol. The lowest BCUT2D eigenvalue weighted by Crippen LogP contribution is -2.51. The minimum Gasteiger partial charge on any atom is -0.492 e. The van der Waals surface area contributed by atoms with Gasteiger partial charge in [-0.3, -0.25) is 19.7 Å². The summed E-state index contributed by atoms with van der Waals surface area (Å²) in [5.41, 5.74) is 0.769. The highest BCUT2D eigenvalue weighted by Gasteiger charge is 2.42. The van der Waals surface area contributed by atoms with Crippen LogP contribution in [0.4, 0.5) is 5.69 Å². The van der Waals surface area contributed by atoms with Crippen LogP contribution in [0, 0.1) is 0 Å². The van der Waals surface area contributed by atoms with Gasteiger partial charge in [0.1, 0.15) is 10.8 Å². The van der Waals surface area contributed by atoms with Crippen LogP contribution < -0.4 is 15.4 Å². The molecule has 0 aliphatic carbocycles. The van der Waals surface area contributed by atoms with E-state index in [0.29, 0.717) is 53.8 Å². The van der Waals surface area contributed by atoms with Gasteiger partial charge in [-0.15, -0.1) is 0 Å². The van der Waals surface area contributed by atoms with E-state index in [2.05, 4.69) is 10.6 Å². The van der Waals surface area contributed by atoms with Gasteiger partial charge in [-0.05, 0) is 49.1 Å². The van der Waals surface area contributed by atoms with Crippen molar-refractivity contribution >= 4 is 46.6 Å². The number of ether oxygens (including phenoxy) is 1. The van der Waals surface area contributed by atoms with Crippen LogP contribution in [-0.2, 0) is 19.8 Å². The second-order valence-corrected chi connectivity index (χ2v) is 8.23. The third-order valence-electron chi connectivity index (χ3n) is 5.51. The van der Waals surface area contributed by atoms with Crippen LogP contribution in [0.15, 0.2) is 42.5 Å². The van der Waals surface area contributed by atoms with Crippen molar-refractivity contribution in [2.24, 2.45) is 0 Å². The van der Waals surface area contributed by atoms with E-state index in [-0.39, 0.29) is 24.1 Å². The number of piperidine rings is 1. The van der Waals surface area contributed by atoms with Crippen molar-refractivity contribution in [1.82, 2.24) is 5.32 Å². The fourth-order valence-electron chi connectivity index (χ4n) is 3.67. The van der Waals surface area contributed by atoms with Gasteiger partial charge >= 0.3 is 0 Å².